The van der Waals surface area contributed by atoms with E-state index in [0.717, 1.165) is 11.3 Å². The van der Waals surface area contributed by atoms with E-state index in [0.29, 0.717) is 12.2 Å². The van der Waals surface area contributed by atoms with Crippen LogP contribution in [0.25, 0.3) is 0 Å². The molecule has 1 amide bonds. The average Bonchev–Trinajstić information content (AvgIpc) is 2.65. The standard InChI is InChI=1S/C11H11NO4/c1-15-11(14)6-16-8-3-2-7-4-10(13)12-9(7)5-8/h2-3,5H,4,6H2,1H3,(H,12,13). The van der Waals surface area contributed by atoms with E-state index in [1.165, 1.54) is 7.11 Å². The molecule has 5 nitrogen and oxygen atoms in total. The minimum atomic E-state index is -0.440. The van der Waals surface area contributed by atoms with Crippen LogP contribution in [0, 0.1) is 0 Å². The van der Waals surface area contributed by atoms with Gasteiger partial charge in [0.2, 0.25) is 5.91 Å². The van der Waals surface area contributed by atoms with E-state index >= 15 is 0 Å². The molecule has 1 aliphatic heterocycles. The van der Waals surface area contributed by atoms with Crippen LogP contribution < -0.4 is 10.1 Å². The SMILES string of the molecule is COC(=O)COc1ccc2c(c1)NC(=O)C2. The van der Waals surface area contributed by atoms with Gasteiger partial charge in [-0.25, -0.2) is 4.79 Å². The second-order valence-electron chi connectivity index (χ2n) is 3.41. The van der Waals surface area contributed by atoms with Gasteiger partial charge in [0, 0.05) is 11.8 Å². The molecule has 0 spiro atoms. The van der Waals surface area contributed by atoms with E-state index in [9.17, 15) is 9.59 Å². The van der Waals surface area contributed by atoms with Crippen LogP contribution in [-0.2, 0) is 20.7 Å². The van der Waals surface area contributed by atoms with Gasteiger partial charge in [-0.05, 0) is 11.6 Å². The summed E-state index contributed by atoms with van der Waals surface area (Å²) in [7, 11) is 1.30. The third-order valence-corrected chi connectivity index (χ3v) is 2.29. The summed E-state index contributed by atoms with van der Waals surface area (Å²) in [5, 5.41) is 2.70. The molecule has 84 valence electrons. The number of ether oxygens (including phenoxy) is 2. The number of nitrogens with one attached hydrogen (secondary N) is 1. The molecule has 1 heterocycles. The van der Waals surface area contributed by atoms with Gasteiger partial charge in [0.05, 0.1) is 13.5 Å². The fourth-order valence-corrected chi connectivity index (χ4v) is 1.48. The van der Waals surface area contributed by atoms with Gasteiger partial charge in [-0.1, -0.05) is 6.07 Å². The summed E-state index contributed by atoms with van der Waals surface area (Å²) in [5.74, 6) is 0.0657. The molecule has 1 aliphatic rings. The van der Waals surface area contributed by atoms with Crippen molar-refractivity contribution in [2.75, 3.05) is 19.0 Å². The normalized spacial score (nSPS) is 12.9. The fraction of sp³-hybridized carbons (Fsp3) is 0.273. The van der Waals surface area contributed by atoms with Crippen molar-refractivity contribution < 1.29 is 19.1 Å². The molecule has 0 radical (unpaired) electrons. The Morgan fingerprint density at radius 3 is 3.06 bits per heavy atom. The minimum absolute atomic E-state index is 0.0277. The van der Waals surface area contributed by atoms with E-state index in [1.807, 2.05) is 0 Å². The van der Waals surface area contributed by atoms with Crippen LogP contribution in [0.4, 0.5) is 5.69 Å². The number of hydrogen-bond donors (Lipinski definition) is 1. The lowest BCUT2D eigenvalue weighted by Gasteiger charge is -2.06. The fourth-order valence-electron chi connectivity index (χ4n) is 1.48. The summed E-state index contributed by atoms with van der Waals surface area (Å²) in [4.78, 5) is 22.0. The molecule has 1 aromatic rings. The van der Waals surface area contributed by atoms with Gasteiger partial charge in [-0.3, -0.25) is 4.79 Å². The molecule has 1 aromatic carbocycles. The first-order valence-electron chi connectivity index (χ1n) is 4.81. The molecule has 0 bridgehead atoms. The Kier molecular flexibility index (Phi) is 2.76. The first-order chi connectivity index (χ1) is 7.69. The zero-order chi connectivity index (χ0) is 11.5. The van der Waals surface area contributed by atoms with Crippen molar-refractivity contribution in [3.63, 3.8) is 0 Å². The predicted octanol–water partition coefficient (Wildman–Crippen LogP) is 0.733. The second-order valence-corrected chi connectivity index (χ2v) is 3.41. The zero-order valence-corrected chi connectivity index (χ0v) is 8.78. The summed E-state index contributed by atoms with van der Waals surface area (Å²) < 4.78 is 9.64. The number of rotatable bonds is 3. The van der Waals surface area contributed by atoms with Crippen LogP contribution in [0.3, 0.4) is 0 Å². The monoisotopic (exact) mass is 221 g/mol. The van der Waals surface area contributed by atoms with Crippen molar-refractivity contribution in [2.45, 2.75) is 6.42 Å². The maximum Gasteiger partial charge on any atom is 0.343 e. The van der Waals surface area contributed by atoms with Crippen molar-refractivity contribution in [1.82, 2.24) is 0 Å². The number of carbonyl (C=O) groups excluding carboxylic acids is 2. The molecule has 0 aliphatic carbocycles. The molecule has 0 saturated heterocycles. The van der Waals surface area contributed by atoms with Gasteiger partial charge in [0.1, 0.15) is 5.75 Å². The molecule has 0 aromatic heterocycles. The summed E-state index contributed by atoms with van der Waals surface area (Å²) >= 11 is 0. The minimum Gasteiger partial charge on any atom is -0.482 e. The Morgan fingerprint density at radius 1 is 1.50 bits per heavy atom. The zero-order valence-electron chi connectivity index (χ0n) is 8.78. The van der Waals surface area contributed by atoms with Crippen LogP contribution >= 0.6 is 0 Å². The number of esters is 1. The van der Waals surface area contributed by atoms with Crippen molar-refractivity contribution >= 4 is 17.6 Å². The van der Waals surface area contributed by atoms with E-state index < -0.39 is 5.97 Å². The van der Waals surface area contributed by atoms with Gasteiger partial charge in [0.25, 0.3) is 0 Å². The molecule has 0 fully saturated rings. The molecule has 0 atom stereocenters. The highest BCUT2D eigenvalue weighted by Crippen LogP contribution is 2.27. The number of fused-ring (bicyclic) bond motifs is 1. The highest BCUT2D eigenvalue weighted by molar-refractivity contribution is 5.99. The summed E-state index contributed by atoms with van der Waals surface area (Å²) in [6, 6.07) is 5.23. The lowest BCUT2D eigenvalue weighted by atomic mass is 10.1. The molecule has 0 unspecified atom stereocenters. The van der Waals surface area contributed by atoms with Gasteiger partial charge >= 0.3 is 5.97 Å². The highest BCUT2D eigenvalue weighted by atomic mass is 16.6. The van der Waals surface area contributed by atoms with Gasteiger partial charge in [-0.2, -0.15) is 0 Å². The number of amides is 1. The van der Waals surface area contributed by atoms with Gasteiger partial charge in [0.15, 0.2) is 6.61 Å². The Bertz CT molecular complexity index is 442. The summed E-state index contributed by atoms with van der Waals surface area (Å²) in [6.45, 7) is -0.136. The molecule has 16 heavy (non-hydrogen) atoms. The van der Waals surface area contributed by atoms with Crippen molar-refractivity contribution in [3.8, 4) is 5.75 Å². The highest BCUT2D eigenvalue weighted by Gasteiger charge is 2.17. The first kappa shape index (κ1) is 10.5. The molecule has 2 rings (SSSR count). The van der Waals surface area contributed by atoms with E-state index in [-0.39, 0.29) is 12.5 Å². The van der Waals surface area contributed by atoms with Gasteiger partial charge < -0.3 is 14.8 Å². The Morgan fingerprint density at radius 2 is 2.31 bits per heavy atom. The van der Waals surface area contributed by atoms with Crippen LogP contribution in [-0.4, -0.2) is 25.6 Å². The number of anilines is 1. The quantitative estimate of drug-likeness (QED) is 0.764. The molecule has 0 saturated carbocycles. The van der Waals surface area contributed by atoms with Crippen LogP contribution in [0.5, 0.6) is 5.75 Å². The Labute approximate surface area is 92.4 Å². The molecule has 5 heteroatoms. The largest absolute Gasteiger partial charge is 0.482 e. The Balaban J connectivity index is 2.05. The van der Waals surface area contributed by atoms with Crippen molar-refractivity contribution in [2.24, 2.45) is 0 Å². The van der Waals surface area contributed by atoms with Gasteiger partial charge in [-0.15, -0.1) is 0 Å². The summed E-state index contributed by atoms with van der Waals surface area (Å²) in [5.41, 5.74) is 1.68. The topological polar surface area (TPSA) is 64.6 Å². The Hall–Kier alpha value is -2.04. The third kappa shape index (κ3) is 2.13. The molecule has 1 N–H and O–H groups in total. The third-order valence-electron chi connectivity index (χ3n) is 2.29. The van der Waals surface area contributed by atoms with E-state index in [2.05, 4.69) is 10.1 Å². The van der Waals surface area contributed by atoms with Crippen LogP contribution in [0.1, 0.15) is 5.56 Å². The van der Waals surface area contributed by atoms with E-state index in [4.69, 9.17) is 4.74 Å². The summed E-state index contributed by atoms with van der Waals surface area (Å²) in [6.07, 6.45) is 0.395. The van der Waals surface area contributed by atoms with Crippen LogP contribution in [0.2, 0.25) is 0 Å². The number of hydrogen-bond acceptors (Lipinski definition) is 4. The van der Waals surface area contributed by atoms with E-state index in [1.54, 1.807) is 18.2 Å². The first-order valence-corrected chi connectivity index (χ1v) is 4.81. The van der Waals surface area contributed by atoms with Crippen LogP contribution in [0.15, 0.2) is 18.2 Å². The molecular formula is C11H11NO4. The average molecular weight is 221 g/mol. The lowest BCUT2D eigenvalue weighted by molar-refractivity contribution is -0.142. The van der Waals surface area contributed by atoms with Crippen molar-refractivity contribution in [1.29, 1.82) is 0 Å². The second kappa shape index (κ2) is 4.22. The number of carbonyl (C=O) groups is 2. The lowest BCUT2D eigenvalue weighted by Crippen LogP contribution is -2.12. The number of methoxy groups -OCH3 is 1. The maximum atomic E-state index is 11.1. The molecular weight excluding hydrogens is 210 g/mol. The van der Waals surface area contributed by atoms with Crippen molar-refractivity contribution in [3.05, 3.63) is 23.8 Å². The number of benzene rings is 1. The smallest absolute Gasteiger partial charge is 0.343 e. The maximum absolute atomic E-state index is 11.1. The predicted molar refractivity (Wildman–Crippen MR) is 56.3 cm³/mol.